The molecule has 1 aliphatic heterocycles. The fourth-order valence-corrected chi connectivity index (χ4v) is 3.72. The molecular formula is C16H30IN5S. The zero-order valence-corrected chi connectivity index (χ0v) is 17.9. The number of halogens is 1. The third kappa shape index (κ3) is 6.19. The second-order valence-electron chi connectivity index (χ2n) is 5.84. The molecule has 1 atom stereocenters. The first-order chi connectivity index (χ1) is 10.6. The molecule has 7 heteroatoms. The van der Waals surface area contributed by atoms with Crippen LogP contribution in [0.3, 0.4) is 0 Å². The number of aliphatic imine (C=N–C) groups is 1. The van der Waals surface area contributed by atoms with Gasteiger partial charge in [-0.15, -0.1) is 35.3 Å². The SMILES string of the molecule is CCNC(=NCc1ncc(C)s1)N(C)CC1CCCN1CC.I. The van der Waals surface area contributed by atoms with Crippen LogP contribution in [0.5, 0.6) is 0 Å². The van der Waals surface area contributed by atoms with Gasteiger partial charge < -0.3 is 10.2 Å². The van der Waals surface area contributed by atoms with Crippen LogP contribution in [-0.4, -0.2) is 60.0 Å². The molecule has 0 aromatic carbocycles. The van der Waals surface area contributed by atoms with Gasteiger partial charge in [-0.3, -0.25) is 4.90 Å². The van der Waals surface area contributed by atoms with Gasteiger partial charge in [0.25, 0.3) is 0 Å². The van der Waals surface area contributed by atoms with Crippen molar-refractivity contribution in [3.8, 4) is 0 Å². The van der Waals surface area contributed by atoms with Crippen LogP contribution in [0.2, 0.25) is 0 Å². The molecule has 1 unspecified atom stereocenters. The second kappa shape index (κ2) is 10.5. The molecule has 2 rings (SSSR count). The average molecular weight is 451 g/mol. The Kier molecular flexibility index (Phi) is 9.38. The number of aromatic nitrogens is 1. The zero-order chi connectivity index (χ0) is 15.9. The molecule has 1 aromatic rings. The number of hydrogen-bond donors (Lipinski definition) is 1. The van der Waals surface area contributed by atoms with Gasteiger partial charge in [-0.25, -0.2) is 9.98 Å². The highest BCUT2D eigenvalue weighted by Gasteiger charge is 2.24. The second-order valence-corrected chi connectivity index (χ2v) is 7.16. The van der Waals surface area contributed by atoms with Crippen molar-refractivity contribution < 1.29 is 0 Å². The summed E-state index contributed by atoms with van der Waals surface area (Å²) >= 11 is 1.72. The first-order valence-electron chi connectivity index (χ1n) is 8.28. The monoisotopic (exact) mass is 451 g/mol. The molecule has 132 valence electrons. The lowest BCUT2D eigenvalue weighted by Crippen LogP contribution is -2.45. The van der Waals surface area contributed by atoms with E-state index in [1.54, 1.807) is 11.3 Å². The molecular weight excluding hydrogens is 421 g/mol. The molecule has 2 heterocycles. The molecule has 0 spiro atoms. The van der Waals surface area contributed by atoms with Crippen molar-refractivity contribution in [2.24, 2.45) is 4.99 Å². The van der Waals surface area contributed by atoms with Crippen molar-refractivity contribution in [2.45, 2.75) is 46.2 Å². The molecule has 23 heavy (non-hydrogen) atoms. The van der Waals surface area contributed by atoms with Gasteiger partial charge in [-0.1, -0.05) is 6.92 Å². The molecule has 1 aromatic heterocycles. The summed E-state index contributed by atoms with van der Waals surface area (Å²) in [5, 5.41) is 4.48. The number of hydrogen-bond acceptors (Lipinski definition) is 4. The van der Waals surface area contributed by atoms with E-state index < -0.39 is 0 Å². The van der Waals surface area contributed by atoms with Gasteiger partial charge in [0.05, 0.1) is 6.54 Å². The molecule has 0 aliphatic carbocycles. The number of nitrogens with zero attached hydrogens (tertiary/aromatic N) is 4. The minimum Gasteiger partial charge on any atom is -0.357 e. The van der Waals surface area contributed by atoms with Crippen LogP contribution in [-0.2, 0) is 6.54 Å². The highest BCUT2D eigenvalue weighted by molar-refractivity contribution is 14.0. The number of rotatable bonds is 6. The molecule has 0 saturated carbocycles. The quantitative estimate of drug-likeness (QED) is 0.411. The molecule has 0 amide bonds. The summed E-state index contributed by atoms with van der Waals surface area (Å²) in [6.07, 6.45) is 4.53. The Balaban J connectivity index is 0.00000264. The van der Waals surface area contributed by atoms with Gasteiger partial charge in [0.15, 0.2) is 5.96 Å². The van der Waals surface area contributed by atoms with E-state index in [1.165, 1.54) is 24.3 Å². The highest BCUT2D eigenvalue weighted by atomic mass is 127. The molecule has 1 saturated heterocycles. The van der Waals surface area contributed by atoms with Crippen LogP contribution in [0.1, 0.15) is 36.6 Å². The van der Waals surface area contributed by atoms with Crippen molar-refractivity contribution in [1.82, 2.24) is 20.1 Å². The van der Waals surface area contributed by atoms with E-state index in [1.807, 2.05) is 6.20 Å². The number of likely N-dealkylation sites (N-methyl/N-ethyl adjacent to an activating group) is 2. The number of aryl methyl sites for hydroxylation is 1. The van der Waals surface area contributed by atoms with Gasteiger partial charge in [0.2, 0.25) is 0 Å². The third-order valence-electron chi connectivity index (χ3n) is 4.12. The lowest BCUT2D eigenvalue weighted by Gasteiger charge is -2.29. The summed E-state index contributed by atoms with van der Waals surface area (Å²) in [7, 11) is 2.14. The summed E-state index contributed by atoms with van der Waals surface area (Å²) in [6, 6.07) is 0.654. The van der Waals surface area contributed by atoms with E-state index in [0.717, 1.165) is 30.6 Å². The fraction of sp³-hybridized carbons (Fsp3) is 0.750. The Morgan fingerprint density at radius 1 is 1.52 bits per heavy atom. The van der Waals surface area contributed by atoms with Gasteiger partial charge in [-0.2, -0.15) is 0 Å². The van der Waals surface area contributed by atoms with Crippen LogP contribution in [0.15, 0.2) is 11.2 Å². The fourth-order valence-electron chi connectivity index (χ4n) is 3.01. The standard InChI is InChI=1S/C16H29N5S.HI/c1-5-17-16(19-11-15-18-10-13(3)22-15)20(4)12-14-8-7-9-21(14)6-2;/h10,14H,5-9,11-12H2,1-4H3,(H,17,19);1H. The van der Waals surface area contributed by atoms with Gasteiger partial charge in [0.1, 0.15) is 5.01 Å². The number of thiazole rings is 1. The summed E-state index contributed by atoms with van der Waals surface area (Å²) in [6.45, 7) is 11.4. The van der Waals surface area contributed by atoms with Crippen molar-refractivity contribution in [3.05, 3.63) is 16.1 Å². The zero-order valence-electron chi connectivity index (χ0n) is 14.7. The molecule has 1 N–H and O–H groups in total. The average Bonchev–Trinajstić information content (AvgIpc) is 3.12. The normalized spacial score (nSPS) is 18.8. The topological polar surface area (TPSA) is 43.8 Å². The Labute approximate surface area is 161 Å². The van der Waals surface area contributed by atoms with Crippen LogP contribution < -0.4 is 5.32 Å². The molecule has 0 bridgehead atoms. The van der Waals surface area contributed by atoms with E-state index >= 15 is 0 Å². The lowest BCUT2D eigenvalue weighted by atomic mass is 10.2. The maximum atomic E-state index is 4.75. The number of guanidine groups is 1. The Bertz CT molecular complexity index is 491. The Hall–Kier alpha value is -0.410. The molecule has 0 radical (unpaired) electrons. The van der Waals surface area contributed by atoms with Crippen molar-refractivity contribution in [1.29, 1.82) is 0 Å². The number of nitrogens with one attached hydrogen (secondary N) is 1. The van der Waals surface area contributed by atoms with Crippen LogP contribution in [0, 0.1) is 6.92 Å². The summed E-state index contributed by atoms with van der Waals surface area (Å²) in [5.74, 6) is 0.985. The molecule has 1 aliphatic rings. The van der Waals surface area contributed by atoms with Crippen LogP contribution in [0.4, 0.5) is 0 Å². The van der Waals surface area contributed by atoms with Gasteiger partial charge in [-0.05, 0) is 39.8 Å². The van der Waals surface area contributed by atoms with Gasteiger partial charge >= 0.3 is 0 Å². The first-order valence-corrected chi connectivity index (χ1v) is 9.10. The predicted molar refractivity (Wildman–Crippen MR) is 110 cm³/mol. The minimum atomic E-state index is 0. The molecule has 1 fully saturated rings. The first kappa shape index (κ1) is 20.6. The van der Waals surface area contributed by atoms with E-state index in [9.17, 15) is 0 Å². The lowest BCUT2D eigenvalue weighted by molar-refractivity contribution is 0.232. The van der Waals surface area contributed by atoms with Crippen LogP contribution in [0.25, 0.3) is 0 Å². The van der Waals surface area contributed by atoms with Crippen molar-refractivity contribution in [2.75, 3.05) is 33.2 Å². The van der Waals surface area contributed by atoms with E-state index in [-0.39, 0.29) is 24.0 Å². The van der Waals surface area contributed by atoms with E-state index in [4.69, 9.17) is 4.99 Å². The Morgan fingerprint density at radius 2 is 2.30 bits per heavy atom. The van der Waals surface area contributed by atoms with Crippen LogP contribution >= 0.6 is 35.3 Å². The van der Waals surface area contributed by atoms with E-state index in [0.29, 0.717) is 12.6 Å². The van der Waals surface area contributed by atoms with Crippen molar-refractivity contribution in [3.63, 3.8) is 0 Å². The molecule has 5 nitrogen and oxygen atoms in total. The van der Waals surface area contributed by atoms with Gasteiger partial charge in [0, 0.05) is 37.3 Å². The van der Waals surface area contributed by atoms with Crippen molar-refractivity contribution >= 4 is 41.3 Å². The Morgan fingerprint density at radius 3 is 2.91 bits per heavy atom. The maximum absolute atomic E-state index is 4.75. The largest absolute Gasteiger partial charge is 0.357 e. The number of likely N-dealkylation sites (tertiary alicyclic amines) is 1. The smallest absolute Gasteiger partial charge is 0.194 e. The predicted octanol–water partition coefficient (Wildman–Crippen LogP) is 2.95. The highest BCUT2D eigenvalue weighted by Crippen LogP contribution is 2.17. The van der Waals surface area contributed by atoms with E-state index in [2.05, 4.69) is 47.9 Å². The summed E-state index contributed by atoms with van der Waals surface area (Å²) in [4.78, 5) is 15.2. The summed E-state index contributed by atoms with van der Waals surface area (Å²) < 4.78 is 0. The summed E-state index contributed by atoms with van der Waals surface area (Å²) in [5.41, 5.74) is 0. The minimum absolute atomic E-state index is 0. The maximum Gasteiger partial charge on any atom is 0.194 e. The third-order valence-corrected chi connectivity index (χ3v) is 5.02.